The van der Waals surface area contributed by atoms with E-state index in [1.807, 2.05) is 18.5 Å². The zero-order valence-electron chi connectivity index (χ0n) is 15.3. The zero-order valence-corrected chi connectivity index (χ0v) is 15.3. The second-order valence-electron chi connectivity index (χ2n) is 7.57. The quantitative estimate of drug-likeness (QED) is 0.832. The van der Waals surface area contributed by atoms with E-state index in [9.17, 15) is 4.79 Å². The van der Waals surface area contributed by atoms with Crippen molar-refractivity contribution in [3.63, 3.8) is 0 Å². The Labute approximate surface area is 155 Å². The Balaban J connectivity index is 1.37. The van der Waals surface area contributed by atoms with Gasteiger partial charge in [0.1, 0.15) is 0 Å². The average Bonchev–Trinajstić information content (AvgIpc) is 2.69. The molecule has 0 unspecified atom stereocenters. The van der Waals surface area contributed by atoms with Gasteiger partial charge in [-0.15, -0.1) is 0 Å². The molecule has 3 heterocycles. The summed E-state index contributed by atoms with van der Waals surface area (Å²) in [7, 11) is 0. The number of hydrogen-bond acceptors (Lipinski definition) is 3. The second-order valence-corrected chi connectivity index (χ2v) is 7.57. The molecule has 4 rings (SSSR count). The van der Waals surface area contributed by atoms with Crippen molar-refractivity contribution in [2.24, 2.45) is 5.92 Å². The lowest BCUT2D eigenvalue weighted by Crippen LogP contribution is -2.56. The third-order valence-corrected chi connectivity index (χ3v) is 5.87. The number of likely N-dealkylation sites (tertiary alicyclic amines) is 2. The Kier molecular flexibility index (Phi) is 5.30. The molecular weight excluding hydrogens is 322 g/mol. The number of aromatic nitrogens is 1. The molecule has 2 aliphatic heterocycles. The van der Waals surface area contributed by atoms with Gasteiger partial charge in [-0.3, -0.25) is 14.7 Å². The zero-order chi connectivity index (χ0) is 17.8. The van der Waals surface area contributed by atoms with E-state index in [0.29, 0.717) is 24.3 Å². The van der Waals surface area contributed by atoms with Gasteiger partial charge in [0.05, 0.1) is 0 Å². The predicted molar refractivity (Wildman–Crippen MR) is 103 cm³/mol. The van der Waals surface area contributed by atoms with Gasteiger partial charge < -0.3 is 4.90 Å². The summed E-state index contributed by atoms with van der Waals surface area (Å²) in [6.07, 6.45) is 7.53. The fourth-order valence-corrected chi connectivity index (χ4v) is 4.50. The molecule has 0 aliphatic carbocycles. The summed E-state index contributed by atoms with van der Waals surface area (Å²) < 4.78 is 0. The van der Waals surface area contributed by atoms with Crippen LogP contribution < -0.4 is 0 Å². The van der Waals surface area contributed by atoms with Crippen LogP contribution in [0, 0.1) is 5.92 Å². The molecule has 2 fully saturated rings. The maximum absolute atomic E-state index is 12.5. The summed E-state index contributed by atoms with van der Waals surface area (Å²) in [6.45, 7) is 4.01. The first-order chi connectivity index (χ1) is 12.8. The van der Waals surface area contributed by atoms with Gasteiger partial charge in [-0.2, -0.15) is 0 Å². The van der Waals surface area contributed by atoms with Crippen molar-refractivity contribution < 1.29 is 4.79 Å². The van der Waals surface area contributed by atoms with Crippen molar-refractivity contribution in [3.8, 4) is 0 Å². The van der Waals surface area contributed by atoms with E-state index in [1.54, 1.807) is 0 Å². The monoisotopic (exact) mass is 349 g/mol. The van der Waals surface area contributed by atoms with Gasteiger partial charge in [0.25, 0.3) is 0 Å². The minimum atomic E-state index is 0.352. The van der Waals surface area contributed by atoms with Crippen LogP contribution in [0.15, 0.2) is 54.9 Å². The first kappa shape index (κ1) is 17.2. The van der Waals surface area contributed by atoms with Gasteiger partial charge in [-0.05, 0) is 48.4 Å². The summed E-state index contributed by atoms with van der Waals surface area (Å²) in [6, 6.07) is 15.1. The molecule has 0 N–H and O–H groups in total. The predicted octanol–water partition coefficient (Wildman–Crippen LogP) is 3.14. The van der Waals surface area contributed by atoms with Crippen LogP contribution in [0.25, 0.3) is 0 Å². The molecule has 26 heavy (non-hydrogen) atoms. The molecule has 2 aliphatic rings. The topological polar surface area (TPSA) is 36.4 Å². The summed E-state index contributed by atoms with van der Waals surface area (Å²) in [5.74, 6) is 0.962. The van der Waals surface area contributed by atoms with Crippen LogP contribution in [0.5, 0.6) is 0 Å². The van der Waals surface area contributed by atoms with Gasteiger partial charge in [0.15, 0.2) is 0 Å². The van der Waals surface area contributed by atoms with Gasteiger partial charge in [0.2, 0.25) is 5.91 Å². The summed E-state index contributed by atoms with van der Waals surface area (Å²) in [5, 5.41) is 0. The molecule has 2 saturated heterocycles. The Morgan fingerprint density at radius 3 is 2.62 bits per heavy atom. The number of fused-ring (bicyclic) bond motifs is 1. The highest BCUT2D eigenvalue weighted by Gasteiger charge is 2.38. The van der Waals surface area contributed by atoms with E-state index in [0.717, 1.165) is 45.4 Å². The summed E-state index contributed by atoms with van der Waals surface area (Å²) in [4.78, 5) is 21.4. The summed E-state index contributed by atoms with van der Waals surface area (Å²) >= 11 is 0. The van der Waals surface area contributed by atoms with Crippen LogP contribution in [0.4, 0.5) is 0 Å². The third kappa shape index (κ3) is 3.96. The molecule has 0 radical (unpaired) electrons. The highest BCUT2D eigenvalue weighted by Crippen LogP contribution is 2.32. The summed E-state index contributed by atoms with van der Waals surface area (Å²) in [5.41, 5.74) is 2.64. The molecule has 2 atom stereocenters. The lowest BCUT2D eigenvalue weighted by Gasteiger charge is -2.47. The number of nitrogens with zero attached hydrogens (tertiary/aromatic N) is 3. The maximum Gasteiger partial charge on any atom is 0.222 e. The van der Waals surface area contributed by atoms with E-state index in [1.165, 1.54) is 11.1 Å². The van der Waals surface area contributed by atoms with Crippen LogP contribution in [-0.2, 0) is 17.8 Å². The molecule has 4 nitrogen and oxygen atoms in total. The van der Waals surface area contributed by atoms with E-state index >= 15 is 0 Å². The highest BCUT2D eigenvalue weighted by atomic mass is 16.2. The van der Waals surface area contributed by atoms with Crippen LogP contribution in [-0.4, -0.2) is 46.4 Å². The van der Waals surface area contributed by atoms with Gasteiger partial charge in [-0.1, -0.05) is 30.3 Å². The average molecular weight is 349 g/mol. The van der Waals surface area contributed by atoms with Crippen molar-refractivity contribution in [1.82, 2.24) is 14.8 Å². The Morgan fingerprint density at radius 2 is 1.81 bits per heavy atom. The Hall–Kier alpha value is -2.20. The number of piperidine rings is 2. The molecule has 1 amide bonds. The molecule has 4 heteroatoms. The Bertz CT molecular complexity index is 719. The number of hydrogen-bond donors (Lipinski definition) is 0. The highest BCUT2D eigenvalue weighted by molar-refractivity contribution is 5.77. The van der Waals surface area contributed by atoms with Crippen LogP contribution >= 0.6 is 0 Å². The van der Waals surface area contributed by atoms with E-state index in [4.69, 9.17) is 0 Å². The SMILES string of the molecule is O=C1CC[C@@H]2CN(Cc3ccncc3)CC[C@@H]2N1CCc1ccccc1. The third-order valence-electron chi connectivity index (χ3n) is 5.87. The van der Waals surface area contributed by atoms with E-state index in [2.05, 4.69) is 51.2 Å². The smallest absolute Gasteiger partial charge is 0.222 e. The van der Waals surface area contributed by atoms with Gasteiger partial charge in [0, 0.05) is 51.0 Å². The fourth-order valence-electron chi connectivity index (χ4n) is 4.50. The minimum Gasteiger partial charge on any atom is -0.339 e. The molecule has 1 aromatic carbocycles. The lowest BCUT2D eigenvalue weighted by molar-refractivity contribution is -0.141. The standard InChI is InChI=1S/C22H27N3O/c26-22-7-6-20-17-24(16-19-8-12-23-13-9-19)14-11-21(20)25(22)15-10-18-4-2-1-3-5-18/h1-5,8-9,12-13,20-21H,6-7,10-11,14-17H2/t20-,21+/m1/s1. The first-order valence-electron chi connectivity index (χ1n) is 9.74. The van der Waals surface area contributed by atoms with Crippen molar-refractivity contribution >= 4 is 5.91 Å². The van der Waals surface area contributed by atoms with Gasteiger partial charge in [-0.25, -0.2) is 0 Å². The Morgan fingerprint density at radius 1 is 1.00 bits per heavy atom. The number of carbonyl (C=O) groups excluding carboxylic acids is 1. The second kappa shape index (κ2) is 8.00. The number of carbonyl (C=O) groups is 1. The van der Waals surface area contributed by atoms with Crippen molar-refractivity contribution in [1.29, 1.82) is 0 Å². The van der Waals surface area contributed by atoms with Crippen molar-refractivity contribution in [3.05, 3.63) is 66.0 Å². The molecule has 0 bridgehead atoms. The van der Waals surface area contributed by atoms with Crippen LogP contribution in [0.2, 0.25) is 0 Å². The number of benzene rings is 1. The van der Waals surface area contributed by atoms with Crippen LogP contribution in [0.1, 0.15) is 30.4 Å². The molecular formula is C22H27N3O. The number of amides is 1. The molecule has 0 saturated carbocycles. The fraction of sp³-hybridized carbons (Fsp3) is 0.455. The number of pyridine rings is 1. The maximum atomic E-state index is 12.5. The minimum absolute atomic E-state index is 0.352. The molecule has 2 aromatic rings. The van der Waals surface area contributed by atoms with Crippen molar-refractivity contribution in [2.45, 2.75) is 38.3 Å². The normalized spacial score (nSPS) is 23.7. The van der Waals surface area contributed by atoms with Gasteiger partial charge >= 0.3 is 0 Å². The van der Waals surface area contributed by atoms with E-state index < -0.39 is 0 Å². The first-order valence-corrected chi connectivity index (χ1v) is 9.74. The molecule has 0 spiro atoms. The molecule has 136 valence electrons. The molecule has 1 aromatic heterocycles. The lowest BCUT2D eigenvalue weighted by atomic mass is 9.83. The van der Waals surface area contributed by atoms with Crippen molar-refractivity contribution in [2.75, 3.05) is 19.6 Å². The number of rotatable bonds is 5. The largest absolute Gasteiger partial charge is 0.339 e. The van der Waals surface area contributed by atoms with E-state index in [-0.39, 0.29) is 0 Å². The van der Waals surface area contributed by atoms with Crippen LogP contribution in [0.3, 0.4) is 0 Å².